The summed E-state index contributed by atoms with van der Waals surface area (Å²) in [6, 6.07) is 13.8. The van der Waals surface area contributed by atoms with E-state index in [0.717, 1.165) is 4.90 Å². The van der Waals surface area contributed by atoms with Gasteiger partial charge in [-0.05, 0) is 36.4 Å². The standard InChI is InChI=1S/C20H16N2O6/c23-16(21-19(26)13-4-2-1-3-5-13)12-28-20(27)14-6-8-15(9-7-14)22-17(24)10-11-18(22)25/h1-9H,10-12H2,(H,21,23,26). The lowest BCUT2D eigenvalue weighted by Gasteiger charge is -2.14. The Labute approximate surface area is 160 Å². The fraction of sp³-hybridized carbons (Fsp3) is 0.150. The van der Waals surface area contributed by atoms with Crippen LogP contribution < -0.4 is 10.2 Å². The van der Waals surface area contributed by atoms with Crippen molar-refractivity contribution in [2.24, 2.45) is 0 Å². The molecule has 0 spiro atoms. The third-order valence-corrected chi connectivity index (χ3v) is 4.04. The molecule has 1 aliphatic heterocycles. The van der Waals surface area contributed by atoms with Crippen molar-refractivity contribution in [3.63, 3.8) is 0 Å². The van der Waals surface area contributed by atoms with Crippen molar-refractivity contribution in [1.82, 2.24) is 5.32 Å². The summed E-state index contributed by atoms with van der Waals surface area (Å²) >= 11 is 0. The lowest BCUT2D eigenvalue weighted by Crippen LogP contribution is -2.34. The van der Waals surface area contributed by atoms with Crippen LogP contribution in [-0.4, -0.2) is 36.2 Å². The summed E-state index contributed by atoms with van der Waals surface area (Å²) in [5, 5.41) is 2.12. The molecule has 28 heavy (non-hydrogen) atoms. The van der Waals surface area contributed by atoms with E-state index in [1.807, 2.05) is 0 Å². The zero-order valence-electron chi connectivity index (χ0n) is 14.7. The number of carbonyl (C=O) groups is 5. The third-order valence-electron chi connectivity index (χ3n) is 4.04. The molecule has 1 N–H and O–H groups in total. The molecule has 142 valence electrons. The van der Waals surface area contributed by atoms with Gasteiger partial charge in [-0.2, -0.15) is 0 Å². The maximum Gasteiger partial charge on any atom is 0.338 e. The molecule has 0 aromatic heterocycles. The van der Waals surface area contributed by atoms with Crippen molar-refractivity contribution in [2.75, 3.05) is 11.5 Å². The number of benzene rings is 2. The Balaban J connectivity index is 1.53. The summed E-state index contributed by atoms with van der Waals surface area (Å²) in [5.41, 5.74) is 0.823. The Morgan fingerprint density at radius 2 is 1.46 bits per heavy atom. The van der Waals surface area contributed by atoms with Crippen molar-refractivity contribution in [1.29, 1.82) is 0 Å². The molecule has 1 saturated heterocycles. The van der Waals surface area contributed by atoms with Crippen LogP contribution in [0.2, 0.25) is 0 Å². The topological polar surface area (TPSA) is 110 Å². The zero-order valence-corrected chi connectivity index (χ0v) is 14.7. The molecule has 0 saturated carbocycles. The number of hydrogen-bond acceptors (Lipinski definition) is 6. The van der Waals surface area contributed by atoms with E-state index >= 15 is 0 Å². The molecule has 1 aliphatic rings. The molecule has 4 amide bonds. The molecule has 8 heteroatoms. The first-order valence-corrected chi connectivity index (χ1v) is 8.48. The zero-order chi connectivity index (χ0) is 20.1. The minimum Gasteiger partial charge on any atom is -0.452 e. The Hall–Kier alpha value is -3.81. The number of ether oxygens (including phenoxy) is 1. The number of imide groups is 2. The van der Waals surface area contributed by atoms with Gasteiger partial charge in [0.2, 0.25) is 11.8 Å². The molecule has 2 aromatic rings. The minimum absolute atomic E-state index is 0.144. The van der Waals surface area contributed by atoms with E-state index in [1.165, 1.54) is 24.3 Å². The second-order valence-electron chi connectivity index (χ2n) is 5.99. The van der Waals surface area contributed by atoms with E-state index in [4.69, 9.17) is 4.74 Å². The van der Waals surface area contributed by atoms with Crippen molar-refractivity contribution < 1.29 is 28.7 Å². The monoisotopic (exact) mass is 380 g/mol. The van der Waals surface area contributed by atoms with E-state index in [2.05, 4.69) is 5.32 Å². The quantitative estimate of drug-likeness (QED) is 0.621. The smallest absolute Gasteiger partial charge is 0.338 e. The van der Waals surface area contributed by atoms with Crippen LogP contribution in [0.15, 0.2) is 54.6 Å². The van der Waals surface area contributed by atoms with Crippen molar-refractivity contribution in [2.45, 2.75) is 12.8 Å². The van der Waals surface area contributed by atoms with Gasteiger partial charge in [0, 0.05) is 18.4 Å². The molecule has 1 heterocycles. The fourth-order valence-corrected chi connectivity index (χ4v) is 2.65. The number of rotatable bonds is 5. The van der Waals surface area contributed by atoms with E-state index in [9.17, 15) is 24.0 Å². The van der Waals surface area contributed by atoms with Crippen LogP contribution in [0, 0.1) is 0 Å². The number of carbonyl (C=O) groups excluding carboxylic acids is 5. The van der Waals surface area contributed by atoms with Crippen molar-refractivity contribution >= 4 is 35.3 Å². The first kappa shape index (κ1) is 19.0. The molecular weight excluding hydrogens is 364 g/mol. The number of anilines is 1. The van der Waals surface area contributed by atoms with Gasteiger partial charge in [0.05, 0.1) is 11.3 Å². The number of esters is 1. The maximum absolute atomic E-state index is 12.0. The van der Waals surface area contributed by atoms with Crippen molar-refractivity contribution in [3.8, 4) is 0 Å². The highest BCUT2D eigenvalue weighted by molar-refractivity contribution is 6.19. The number of nitrogens with one attached hydrogen (secondary N) is 1. The molecule has 0 aliphatic carbocycles. The van der Waals surface area contributed by atoms with Crippen LogP contribution in [0.5, 0.6) is 0 Å². The van der Waals surface area contributed by atoms with Crippen LogP contribution in [0.4, 0.5) is 5.69 Å². The number of amides is 4. The van der Waals surface area contributed by atoms with Crippen LogP contribution in [-0.2, 0) is 19.1 Å². The summed E-state index contributed by atoms with van der Waals surface area (Å²) in [7, 11) is 0. The molecule has 0 radical (unpaired) electrons. The van der Waals surface area contributed by atoms with Gasteiger partial charge in [-0.1, -0.05) is 18.2 Å². The second kappa shape index (κ2) is 8.26. The largest absolute Gasteiger partial charge is 0.452 e. The van der Waals surface area contributed by atoms with Crippen LogP contribution in [0.3, 0.4) is 0 Å². The van der Waals surface area contributed by atoms with E-state index < -0.39 is 24.4 Å². The van der Waals surface area contributed by atoms with Crippen molar-refractivity contribution in [3.05, 3.63) is 65.7 Å². The summed E-state index contributed by atoms with van der Waals surface area (Å²) in [6.07, 6.45) is 0.332. The fourth-order valence-electron chi connectivity index (χ4n) is 2.65. The van der Waals surface area contributed by atoms with Crippen LogP contribution >= 0.6 is 0 Å². The SMILES string of the molecule is O=C(COC(=O)c1ccc(N2C(=O)CCC2=O)cc1)NC(=O)c1ccccc1. The molecule has 1 fully saturated rings. The Morgan fingerprint density at radius 1 is 0.857 bits per heavy atom. The van der Waals surface area contributed by atoms with E-state index in [1.54, 1.807) is 30.3 Å². The number of hydrogen-bond donors (Lipinski definition) is 1. The Morgan fingerprint density at radius 3 is 2.07 bits per heavy atom. The second-order valence-corrected chi connectivity index (χ2v) is 5.99. The molecule has 0 bridgehead atoms. The molecular formula is C20H16N2O6. The van der Waals surface area contributed by atoms with Crippen LogP contribution in [0.1, 0.15) is 33.6 Å². The lowest BCUT2D eigenvalue weighted by atomic mass is 10.2. The Bertz CT molecular complexity index is 921. The predicted molar refractivity (Wildman–Crippen MR) is 97.4 cm³/mol. The summed E-state index contributed by atoms with van der Waals surface area (Å²) in [5.74, 6) is -2.70. The molecule has 0 unspecified atom stereocenters. The average Bonchev–Trinajstić information content (AvgIpc) is 3.05. The highest BCUT2D eigenvalue weighted by atomic mass is 16.5. The summed E-state index contributed by atoms with van der Waals surface area (Å²) in [4.78, 5) is 60.2. The number of nitrogens with zero attached hydrogens (tertiary/aromatic N) is 1. The normalized spacial score (nSPS) is 13.4. The minimum atomic E-state index is -0.770. The molecule has 3 rings (SSSR count). The van der Waals surface area contributed by atoms with Gasteiger partial charge in [0.15, 0.2) is 6.61 Å². The first-order chi connectivity index (χ1) is 13.5. The predicted octanol–water partition coefficient (Wildman–Crippen LogP) is 1.45. The van der Waals surface area contributed by atoms with Gasteiger partial charge in [0.25, 0.3) is 11.8 Å². The average molecular weight is 380 g/mol. The summed E-state index contributed by atoms with van der Waals surface area (Å²) in [6.45, 7) is -0.623. The van der Waals surface area contributed by atoms with Crippen LogP contribution in [0.25, 0.3) is 0 Å². The summed E-state index contributed by atoms with van der Waals surface area (Å²) < 4.78 is 4.88. The van der Waals surface area contributed by atoms with E-state index in [0.29, 0.717) is 11.3 Å². The third kappa shape index (κ3) is 4.29. The molecule has 2 aromatic carbocycles. The first-order valence-electron chi connectivity index (χ1n) is 8.48. The van der Waals surface area contributed by atoms with Gasteiger partial charge in [-0.25, -0.2) is 4.79 Å². The van der Waals surface area contributed by atoms with Gasteiger partial charge < -0.3 is 4.74 Å². The van der Waals surface area contributed by atoms with Gasteiger partial charge in [-0.15, -0.1) is 0 Å². The Kier molecular flexibility index (Phi) is 5.59. The maximum atomic E-state index is 12.0. The highest BCUT2D eigenvalue weighted by Crippen LogP contribution is 2.22. The van der Waals surface area contributed by atoms with Gasteiger partial charge in [0.1, 0.15) is 0 Å². The highest BCUT2D eigenvalue weighted by Gasteiger charge is 2.30. The van der Waals surface area contributed by atoms with E-state index in [-0.39, 0.29) is 30.2 Å². The van der Waals surface area contributed by atoms with Gasteiger partial charge >= 0.3 is 5.97 Å². The molecule has 8 nitrogen and oxygen atoms in total. The molecule has 0 atom stereocenters. The van der Waals surface area contributed by atoms with Gasteiger partial charge in [-0.3, -0.25) is 29.4 Å². The lowest BCUT2D eigenvalue weighted by molar-refractivity contribution is -0.123.